The first-order valence-electron chi connectivity index (χ1n) is 12.6. The average molecular weight is 533 g/mol. The van der Waals surface area contributed by atoms with Gasteiger partial charge in [0.25, 0.3) is 0 Å². The minimum Gasteiger partial charge on any atom is -0.508 e. The molecule has 0 bridgehead atoms. The van der Waals surface area contributed by atoms with Gasteiger partial charge in [0.1, 0.15) is 11.6 Å². The largest absolute Gasteiger partial charge is 0.508 e. The number of aryl methyl sites for hydroxylation is 1. The van der Waals surface area contributed by atoms with Gasteiger partial charge in [0.2, 0.25) is 12.3 Å². The van der Waals surface area contributed by atoms with E-state index in [9.17, 15) is 14.7 Å². The fourth-order valence-electron chi connectivity index (χ4n) is 4.29. The lowest BCUT2D eigenvalue weighted by Gasteiger charge is -2.26. The van der Waals surface area contributed by atoms with Gasteiger partial charge < -0.3 is 32.5 Å². The van der Waals surface area contributed by atoms with E-state index in [4.69, 9.17) is 22.0 Å². The SMILES string of the molecule is CC(NC=O)c1ccc(/C(N)=N/N)cc1.Cc1cc(C(N)=O)ccc1-c1cc(O)cc(CN2CCOCC2)c1. The lowest BCUT2D eigenvalue weighted by molar-refractivity contribution is -0.110. The molecule has 10 heteroatoms. The first-order chi connectivity index (χ1) is 18.7. The minimum atomic E-state index is -0.437. The molecule has 0 spiro atoms. The van der Waals surface area contributed by atoms with Crippen molar-refractivity contribution in [2.24, 2.45) is 22.4 Å². The molecule has 1 atom stereocenters. The number of rotatable bonds is 8. The number of hydrazone groups is 1. The first-order valence-corrected chi connectivity index (χ1v) is 12.6. The number of carbonyl (C=O) groups is 2. The second-order valence-electron chi connectivity index (χ2n) is 9.31. The highest BCUT2D eigenvalue weighted by molar-refractivity contribution is 5.97. The van der Waals surface area contributed by atoms with E-state index in [1.165, 1.54) is 0 Å². The van der Waals surface area contributed by atoms with Crippen LogP contribution in [-0.4, -0.2) is 54.5 Å². The van der Waals surface area contributed by atoms with Crippen LogP contribution >= 0.6 is 0 Å². The van der Waals surface area contributed by atoms with Crippen LogP contribution < -0.4 is 22.6 Å². The van der Waals surface area contributed by atoms with E-state index < -0.39 is 5.91 Å². The fraction of sp³-hybridized carbons (Fsp3) is 0.276. The normalized spacial score (nSPS) is 14.6. The van der Waals surface area contributed by atoms with Crippen molar-refractivity contribution in [3.63, 3.8) is 0 Å². The summed E-state index contributed by atoms with van der Waals surface area (Å²) in [5.74, 6) is 5.15. The Bertz CT molecular complexity index is 1300. The number of amides is 2. The number of aromatic hydroxyl groups is 1. The van der Waals surface area contributed by atoms with Crippen molar-refractivity contribution < 1.29 is 19.4 Å². The molecule has 0 radical (unpaired) electrons. The molecule has 10 nitrogen and oxygen atoms in total. The summed E-state index contributed by atoms with van der Waals surface area (Å²) in [4.78, 5) is 23.9. The quantitative estimate of drug-likeness (QED) is 0.0975. The smallest absolute Gasteiger partial charge is 0.248 e. The topological polar surface area (TPSA) is 169 Å². The standard InChI is InChI=1S/C19H22N2O3.C10H14N4O/c1-13-8-15(19(20)23)2-3-18(13)16-9-14(10-17(22)11-16)12-21-4-6-24-7-5-21;1-7(13-6-15)8-2-4-9(5-3-8)10(11)14-12/h2-3,8-11,22H,4-7,12H2,1H3,(H2,20,23);2-7H,12H2,1H3,(H2,11,14)(H,13,15). The maximum absolute atomic E-state index is 11.3. The second kappa shape index (κ2) is 13.9. The number of hydrogen-bond acceptors (Lipinski definition) is 7. The van der Waals surface area contributed by atoms with Gasteiger partial charge in [-0.05, 0) is 72.0 Å². The third-order valence-corrected chi connectivity index (χ3v) is 6.47. The Morgan fingerprint density at radius 1 is 1.08 bits per heavy atom. The van der Waals surface area contributed by atoms with Crippen LogP contribution in [0.15, 0.2) is 65.8 Å². The van der Waals surface area contributed by atoms with Crippen molar-refractivity contribution in [2.45, 2.75) is 26.4 Å². The molecule has 2 amide bonds. The molecule has 1 fully saturated rings. The average Bonchev–Trinajstić information content (AvgIpc) is 2.93. The van der Waals surface area contributed by atoms with E-state index in [1.807, 2.05) is 44.2 Å². The van der Waals surface area contributed by atoms with Crippen molar-refractivity contribution in [1.82, 2.24) is 10.2 Å². The summed E-state index contributed by atoms with van der Waals surface area (Å²) >= 11 is 0. The summed E-state index contributed by atoms with van der Waals surface area (Å²) in [5.41, 5.74) is 17.0. The Labute approximate surface area is 228 Å². The molecular formula is C29H36N6O4. The Balaban J connectivity index is 0.000000242. The van der Waals surface area contributed by atoms with Gasteiger partial charge in [-0.2, -0.15) is 5.10 Å². The maximum Gasteiger partial charge on any atom is 0.248 e. The molecular weight excluding hydrogens is 496 g/mol. The second-order valence-corrected chi connectivity index (χ2v) is 9.31. The third kappa shape index (κ3) is 8.29. The number of phenolic OH excluding ortho intramolecular Hbond substituents is 1. The number of nitrogens with two attached hydrogens (primary N) is 3. The molecule has 206 valence electrons. The molecule has 8 N–H and O–H groups in total. The van der Waals surface area contributed by atoms with E-state index >= 15 is 0 Å². The number of phenols is 1. The van der Waals surface area contributed by atoms with Crippen LogP contribution in [0.2, 0.25) is 0 Å². The van der Waals surface area contributed by atoms with E-state index in [0.717, 1.165) is 66.2 Å². The molecule has 3 aromatic carbocycles. The van der Waals surface area contributed by atoms with Crippen LogP contribution in [0.1, 0.15) is 45.6 Å². The molecule has 1 heterocycles. The monoisotopic (exact) mass is 532 g/mol. The molecule has 0 saturated carbocycles. The lowest BCUT2D eigenvalue weighted by Crippen LogP contribution is -2.35. The highest BCUT2D eigenvalue weighted by Crippen LogP contribution is 2.29. The van der Waals surface area contributed by atoms with E-state index in [2.05, 4.69) is 21.4 Å². The Kier molecular flexibility index (Phi) is 10.4. The molecule has 3 aromatic rings. The number of amidine groups is 1. The Morgan fingerprint density at radius 2 is 1.74 bits per heavy atom. The predicted molar refractivity (Wildman–Crippen MR) is 152 cm³/mol. The molecule has 39 heavy (non-hydrogen) atoms. The number of hydrogen-bond donors (Lipinski definition) is 5. The molecule has 1 unspecified atom stereocenters. The molecule has 0 aromatic heterocycles. The maximum atomic E-state index is 11.3. The number of benzene rings is 3. The summed E-state index contributed by atoms with van der Waals surface area (Å²) in [6.45, 7) is 7.91. The van der Waals surface area contributed by atoms with Crippen LogP contribution in [0.4, 0.5) is 0 Å². The van der Waals surface area contributed by atoms with Crippen molar-refractivity contribution in [3.05, 3.63) is 88.5 Å². The van der Waals surface area contributed by atoms with Crippen molar-refractivity contribution in [2.75, 3.05) is 26.3 Å². The minimum absolute atomic E-state index is 0.0208. The number of carbonyl (C=O) groups excluding carboxylic acids is 2. The molecule has 1 aliphatic heterocycles. The Morgan fingerprint density at radius 3 is 2.33 bits per heavy atom. The zero-order chi connectivity index (χ0) is 28.4. The van der Waals surface area contributed by atoms with Crippen LogP contribution in [0.3, 0.4) is 0 Å². The van der Waals surface area contributed by atoms with Gasteiger partial charge in [-0.15, -0.1) is 0 Å². The van der Waals surface area contributed by atoms with Crippen LogP contribution in [0.5, 0.6) is 5.75 Å². The summed E-state index contributed by atoms with van der Waals surface area (Å²) in [6.07, 6.45) is 0.675. The van der Waals surface area contributed by atoms with Gasteiger partial charge in [-0.3, -0.25) is 14.5 Å². The highest BCUT2D eigenvalue weighted by Gasteiger charge is 2.13. The van der Waals surface area contributed by atoms with Crippen LogP contribution in [0, 0.1) is 6.92 Å². The number of morpholine rings is 1. The van der Waals surface area contributed by atoms with Gasteiger partial charge >= 0.3 is 0 Å². The summed E-state index contributed by atoms with van der Waals surface area (Å²) < 4.78 is 5.37. The van der Waals surface area contributed by atoms with Gasteiger partial charge in [-0.1, -0.05) is 30.3 Å². The van der Waals surface area contributed by atoms with Gasteiger partial charge in [0, 0.05) is 30.8 Å². The van der Waals surface area contributed by atoms with Gasteiger partial charge in [0.05, 0.1) is 19.3 Å². The van der Waals surface area contributed by atoms with E-state index in [-0.39, 0.29) is 17.6 Å². The summed E-state index contributed by atoms with van der Waals surface area (Å²) in [7, 11) is 0. The zero-order valence-corrected chi connectivity index (χ0v) is 22.3. The number of ether oxygens (including phenoxy) is 1. The van der Waals surface area contributed by atoms with E-state index in [0.29, 0.717) is 12.0 Å². The van der Waals surface area contributed by atoms with Crippen molar-refractivity contribution in [1.29, 1.82) is 0 Å². The van der Waals surface area contributed by atoms with E-state index in [1.54, 1.807) is 24.3 Å². The third-order valence-electron chi connectivity index (χ3n) is 6.47. The number of nitrogens with zero attached hydrogens (tertiary/aromatic N) is 2. The van der Waals surface area contributed by atoms with Crippen molar-refractivity contribution in [3.8, 4) is 16.9 Å². The predicted octanol–water partition coefficient (Wildman–Crippen LogP) is 2.37. The number of nitrogens with one attached hydrogen (secondary N) is 1. The highest BCUT2D eigenvalue weighted by atomic mass is 16.5. The lowest BCUT2D eigenvalue weighted by atomic mass is 9.96. The van der Waals surface area contributed by atoms with Gasteiger partial charge in [-0.25, -0.2) is 0 Å². The van der Waals surface area contributed by atoms with Crippen LogP contribution in [0.25, 0.3) is 11.1 Å². The molecule has 1 saturated heterocycles. The van der Waals surface area contributed by atoms with Crippen LogP contribution in [-0.2, 0) is 16.1 Å². The fourth-order valence-corrected chi connectivity index (χ4v) is 4.29. The molecule has 0 aliphatic carbocycles. The van der Waals surface area contributed by atoms with Crippen molar-refractivity contribution >= 4 is 18.2 Å². The Hall–Kier alpha value is -4.41. The molecule has 1 aliphatic rings. The zero-order valence-electron chi connectivity index (χ0n) is 22.3. The summed E-state index contributed by atoms with van der Waals surface area (Å²) in [6, 6.07) is 18.3. The molecule has 4 rings (SSSR count). The first kappa shape index (κ1) is 29.2. The van der Waals surface area contributed by atoms with Gasteiger partial charge in [0.15, 0.2) is 0 Å². The summed E-state index contributed by atoms with van der Waals surface area (Å²) in [5, 5.41) is 16.2. The number of primary amides is 1.